The fourth-order valence-corrected chi connectivity index (χ4v) is 3.79. The molecule has 10 heteroatoms. The highest BCUT2D eigenvalue weighted by Crippen LogP contribution is 2.35. The van der Waals surface area contributed by atoms with Crippen LogP contribution in [0.25, 0.3) is 0 Å². The van der Waals surface area contributed by atoms with Crippen LogP contribution < -0.4 is 10.6 Å². The van der Waals surface area contributed by atoms with Crippen LogP contribution in [-0.4, -0.2) is 42.2 Å². The monoisotopic (exact) mass is 417 g/mol. The van der Waals surface area contributed by atoms with E-state index in [2.05, 4.69) is 20.9 Å². The highest BCUT2D eigenvalue weighted by Gasteiger charge is 2.24. The third-order valence-electron chi connectivity index (χ3n) is 4.42. The van der Waals surface area contributed by atoms with E-state index in [1.54, 1.807) is 0 Å². The smallest absolute Gasteiger partial charge is 0.246 e. The molecule has 0 aliphatic carbocycles. The summed E-state index contributed by atoms with van der Waals surface area (Å²) in [5.74, 6) is 0.167. The second-order valence-electron chi connectivity index (χ2n) is 6.54. The van der Waals surface area contributed by atoms with Crippen molar-refractivity contribution in [2.45, 2.75) is 24.3 Å². The first kappa shape index (κ1) is 20.6. The Morgan fingerprint density at radius 3 is 2.41 bits per heavy atom. The lowest BCUT2D eigenvalue weighted by molar-refractivity contribution is 0.310. The SMILES string of the molecule is CC[C@@H](Nc1nonc1Nc1cccc(S(=O)(=O)N(C)C)c1O)c1ccccc1. The van der Waals surface area contributed by atoms with Gasteiger partial charge in [-0.3, -0.25) is 0 Å². The van der Waals surface area contributed by atoms with Gasteiger partial charge in [-0.1, -0.05) is 43.3 Å². The van der Waals surface area contributed by atoms with Gasteiger partial charge in [-0.05, 0) is 34.4 Å². The molecule has 0 spiro atoms. The van der Waals surface area contributed by atoms with E-state index in [9.17, 15) is 13.5 Å². The van der Waals surface area contributed by atoms with Crippen LogP contribution in [0.1, 0.15) is 24.9 Å². The number of aromatic hydroxyl groups is 1. The van der Waals surface area contributed by atoms with E-state index in [-0.39, 0.29) is 22.4 Å². The van der Waals surface area contributed by atoms with E-state index >= 15 is 0 Å². The van der Waals surface area contributed by atoms with E-state index < -0.39 is 15.8 Å². The number of hydrogen-bond donors (Lipinski definition) is 3. The summed E-state index contributed by atoms with van der Waals surface area (Å²) in [5, 5.41) is 24.4. The van der Waals surface area contributed by atoms with E-state index in [0.717, 1.165) is 16.3 Å². The Hall–Kier alpha value is -3.11. The number of aromatic nitrogens is 2. The minimum atomic E-state index is -3.81. The van der Waals surface area contributed by atoms with Crippen LogP contribution in [0.5, 0.6) is 5.75 Å². The van der Waals surface area contributed by atoms with Gasteiger partial charge < -0.3 is 15.7 Å². The number of para-hydroxylation sites is 1. The minimum absolute atomic E-state index is 0.0299. The van der Waals surface area contributed by atoms with Gasteiger partial charge in [-0.25, -0.2) is 17.4 Å². The maximum absolute atomic E-state index is 12.4. The largest absolute Gasteiger partial charge is 0.504 e. The Morgan fingerprint density at radius 1 is 1.07 bits per heavy atom. The third-order valence-corrected chi connectivity index (χ3v) is 6.27. The van der Waals surface area contributed by atoms with E-state index in [0.29, 0.717) is 5.82 Å². The molecule has 0 radical (unpaired) electrons. The van der Waals surface area contributed by atoms with Crippen molar-refractivity contribution in [3.8, 4) is 5.75 Å². The van der Waals surface area contributed by atoms with Gasteiger partial charge in [0.2, 0.25) is 21.7 Å². The van der Waals surface area contributed by atoms with Gasteiger partial charge in [0.1, 0.15) is 4.90 Å². The van der Waals surface area contributed by atoms with Gasteiger partial charge in [0, 0.05) is 14.1 Å². The third kappa shape index (κ3) is 4.33. The van der Waals surface area contributed by atoms with Gasteiger partial charge in [-0.2, -0.15) is 0 Å². The van der Waals surface area contributed by atoms with Crippen molar-refractivity contribution >= 4 is 27.3 Å². The fraction of sp³-hybridized carbons (Fsp3) is 0.263. The number of phenolic OH excluding ortho intramolecular Hbond substituents is 1. The van der Waals surface area contributed by atoms with Crippen molar-refractivity contribution in [2.75, 3.05) is 24.7 Å². The first-order valence-electron chi connectivity index (χ1n) is 9.00. The zero-order chi connectivity index (χ0) is 21.0. The summed E-state index contributed by atoms with van der Waals surface area (Å²) < 4.78 is 30.7. The average molecular weight is 417 g/mol. The normalized spacial score (nSPS) is 12.7. The van der Waals surface area contributed by atoms with E-state index in [4.69, 9.17) is 4.63 Å². The van der Waals surface area contributed by atoms with Crippen LogP contribution >= 0.6 is 0 Å². The maximum atomic E-state index is 12.4. The summed E-state index contributed by atoms with van der Waals surface area (Å²) in [5.41, 5.74) is 1.24. The molecule has 0 saturated carbocycles. The molecule has 1 aromatic heterocycles. The van der Waals surface area contributed by atoms with Crippen molar-refractivity contribution in [1.82, 2.24) is 14.6 Å². The van der Waals surface area contributed by atoms with Gasteiger partial charge in [0.15, 0.2) is 5.75 Å². The molecular formula is C19H23N5O4S. The Balaban J connectivity index is 1.88. The molecule has 3 N–H and O–H groups in total. The van der Waals surface area contributed by atoms with Gasteiger partial charge in [-0.15, -0.1) is 0 Å². The highest BCUT2D eigenvalue weighted by atomic mass is 32.2. The number of phenols is 1. The molecule has 154 valence electrons. The molecule has 0 fully saturated rings. The predicted molar refractivity (Wildman–Crippen MR) is 110 cm³/mol. The number of nitrogens with one attached hydrogen (secondary N) is 2. The minimum Gasteiger partial charge on any atom is -0.504 e. The molecule has 29 heavy (non-hydrogen) atoms. The highest BCUT2D eigenvalue weighted by molar-refractivity contribution is 7.89. The first-order valence-corrected chi connectivity index (χ1v) is 10.4. The molecular weight excluding hydrogens is 394 g/mol. The summed E-state index contributed by atoms with van der Waals surface area (Å²) >= 11 is 0. The van der Waals surface area contributed by atoms with E-state index in [1.807, 2.05) is 37.3 Å². The number of anilines is 3. The van der Waals surface area contributed by atoms with Crippen LogP contribution in [0.4, 0.5) is 17.3 Å². The molecule has 3 aromatic rings. The molecule has 0 aliphatic heterocycles. The summed E-state index contributed by atoms with van der Waals surface area (Å²) in [6.07, 6.45) is 0.790. The van der Waals surface area contributed by atoms with Crippen molar-refractivity contribution in [1.29, 1.82) is 0 Å². The summed E-state index contributed by atoms with van der Waals surface area (Å²) in [6, 6.07) is 14.2. The lowest BCUT2D eigenvalue weighted by Gasteiger charge is -2.18. The molecule has 0 unspecified atom stereocenters. The van der Waals surface area contributed by atoms with Gasteiger partial charge in [0.25, 0.3) is 0 Å². The fourth-order valence-electron chi connectivity index (χ4n) is 2.79. The Bertz CT molecular complexity index is 1070. The molecule has 0 amide bonds. The molecule has 0 aliphatic rings. The molecule has 1 atom stereocenters. The number of sulfonamides is 1. The van der Waals surface area contributed by atoms with Crippen molar-refractivity contribution < 1.29 is 18.2 Å². The van der Waals surface area contributed by atoms with Crippen LogP contribution in [-0.2, 0) is 10.0 Å². The number of rotatable bonds is 8. The molecule has 3 rings (SSSR count). The van der Waals surface area contributed by atoms with Gasteiger partial charge >= 0.3 is 0 Å². The molecule has 0 saturated heterocycles. The van der Waals surface area contributed by atoms with Crippen molar-refractivity contribution in [3.63, 3.8) is 0 Å². The Morgan fingerprint density at radius 2 is 1.76 bits per heavy atom. The second-order valence-corrected chi connectivity index (χ2v) is 8.66. The van der Waals surface area contributed by atoms with Gasteiger partial charge in [0.05, 0.1) is 11.7 Å². The average Bonchev–Trinajstić information content (AvgIpc) is 3.14. The first-order chi connectivity index (χ1) is 13.8. The summed E-state index contributed by atoms with van der Waals surface area (Å²) in [7, 11) is -1.02. The Labute approximate surface area is 169 Å². The lowest BCUT2D eigenvalue weighted by Crippen LogP contribution is -2.22. The van der Waals surface area contributed by atoms with Crippen molar-refractivity contribution in [3.05, 3.63) is 54.1 Å². The number of benzene rings is 2. The van der Waals surface area contributed by atoms with Crippen LogP contribution in [0.2, 0.25) is 0 Å². The number of hydrogen-bond acceptors (Lipinski definition) is 8. The molecule has 2 aromatic carbocycles. The Kier molecular flexibility index (Phi) is 6.04. The van der Waals surface area contributed by atoms with Crippen LogP contribution in [0.3, 0.4) is 0 Å². The van der Waals surface area contributed by atoms with Crippen molar-refractivity contribution in [2.24, 2.45) is 0 Å². The summed E-state index contributed by atoms with van der Waals surface area (Å²) in [4.78, 5) is -0.214. The summed E-state index contributed by atoms with van der Waals surface area (Å²) in [6.45, 7) is 2.03. The second kappa shape index (κ2) is 8.50. The van der Waals surface area contributed by atoms with Crippen LogP contribution in [0, 0.1) is 0 Å². The van der Waals surface area contributed by atoms with E-state index in [1.165, 1.54) is 32.3 Å². The molecule has 0 bridgehead atoms. The topological polar surface area (TPSA) is 121 Å². The quantitative estimate of drug-likeness (QED) is 0.477. The zero-order valence-electron chi connectivity index (χ0n) is 16.3. The standard InChI is InChI=1S/C19H23N5O4S/c1-4-14(13-9-6-5-7-10-13)20-18-19(23-28-22-18)21-15-11-8-12-16(17(15)25)29(26,27)24(2)3/h5-12,14,25H,4H2,1-3H3,(H,20,22)(H,21,23)/t14-/m1/s1. The zero-order valence-corrected chi connectivity index (χ0v) is 17.1. The molecule has 1 heterocycles. The predicted octanol–water partition coefficient (Wildman–Crippen LogP) is 3.33. The number of nitrogens with zero attached hydrogens (tertiary/aromatic N) is 3. The molecule has 9 nitrogen and oxygen atoms in total. The lowest BCUT2D eigenvalue weighted by atomic mass is 10.0. The van der Waals surface area contributed by atoms with Crippen LogP contribution in [0.15, 0.2) is 58.1 Å². The maximum Gasteiger partial charge on any atom is 0.246 e.